The van der Waals surface area contributed by atoms with Crippen LogP contribution in [0, 0.1) is 30.6 Å². The minimum Gasteiger partial charge on any atom is -0.0619 e. The summed E-state index contributed by atoms with van der Waals surface area (Å²) in [5.74, 6) is 3.66. The van der Waals surface area contributed by atoms with Crippen molar-refractivity contribution < 1.29 is 0 Å². The van der Waals surface area contributed by atoms with Crippen molar-refractivity contribution >= 4 is 10.8 Å². The summed E-state index contributed by atoms with van der Waals surface area (Å²) >= 11 is 0. The lowest BCUT2D eigenvalue weighted by molar-refractivity contribution is -0.0399. The first-order chi connectivity index (χ1) is 16.2. The van der Waals surface area contributed by atoms with E-state index in [9.17, 15) is 0 Å². The van der Waals surface area contributed by atoms with Crippen LogP contribution in [0.2, 0.25) is 0 Å². The smallest absolute Gasteiger partial charge is 0.0271 e. The molecule has 0 heteroatoms. The topological polar surface area (TPSA) is 0 Å². The Bertz CT molecular complexity index is 1410. The van der Waals surface area contributed by atoms with Crippen LogP contribution in [0.4, 0.5) is 0 Å². The number of benzene rings is 4. The van der Waals surface area contributed by atoms with Crippen molar-refractivity contribution in [3.05, 3.63) is 95.6 Å². The highest BCUT2D eigenvalue weighted by Gasteiger charge is 2.61. The lowest BCUT2D eigenvalue weighted by Gasteiger charge is -2.61. The maximum absolute atomic E-state index is 2.54. The van der Waals surface area contributed by atoms with E-state index in [-0.39, 0.29) is 5.41 Å². The molecule has 0 unspecified atom stereocenters. The van der Waals surface area contributed by atoms with Gasteiger partial charge in [0, 0.05) is 5.41 Å². The summed E-state index contributed by atoms with van der Waals surface area (Å²) in [7, 11) is 0. The summed E-state index contributed by atoms with van der Waals surface area (Å²) < 4.78 is 0. The highest BCUT2D eigenvalue weighted by molar-refractivity contribution is 5.99. The largest absolute Gasteiger partial charge is 0.0619 e. The Kier molecular flexibility index (Phi) is 3.59. The first kappa shape index (κ1) is 18.6. The van der Waals surface area contributed by atoms with E-state index in [1.165, 1.54) is 70.7 Å². The quantitative estimate of drug-likeness (QED) is 0.286. The van der Waals surface area contributed by atoms with E-state index in [4.69, 9.17) is 0 Å². The maximum atomic E-state index is 2.54. The van der Waals surface area contributed by atoms with Crippen LogP contribution in [0.25, 0.3) is 33.0 Å². The first-order valence-corrected chi connectivity index (χ1v) is 13.0. The summed E-state index contributed by atoms with van der Waals surface area (Å²) in [6, 6.07) is 30.5. The van der Waals surface area contributed by atoms with Gasteiger partial charge in [-0.2, -0.15) is 0 Å². The zero-order valence-electron chi connectivity index (χ0n) is 19.4. The van der Waals surface area contributed by atoms with Crippen molar-refractivity contribution in [2.75, 3.05) is 0 Å². The molecule has 5 aliphatic carbocycles. The van der Waals surface area contributed by atoms with E-state index in [0.29, 0.717) is 0 Å². The summed E-state index contributed by atoms with van der Waals surface area (Å²) in [4.78, 5) is 0. The Balaban J connectivity index is 1.37. The lowest BCUT2D eigenvalue weighted by atomic mass is 9.43. The second-order valence-electron chi connectivity index (χ2n) is 11.5. The van der Waals surface area contributed by atoms with Gasteiger partial charge in [-0.1, -0.05) is 72.8 Å². The van der Waals surface area contributed by atoms with Crippen LogP contribution in [0.1, 0.15) is 48.8 Å². The van der Waals surface area contributed by atoms with Gasteiger partial charge in [-0.15, -0.1) is 0 Å². The van der Waals surface area contributed by atoms with Crippen LogP contribution >= 0.6 is 0 Å². The predicted molar refractivity (Wildman–Crippen MR) is 137 cm³/mol. The van der Waals surface area contributed by atoms with Gasteiger partial charge in [0.25, 0.3) is 0 Å². The van der Waals surface area contributed by atoms with Crippen LogP contribution in [-0.4, -0.2) is 0 Å². The summed E-state index contributed by atoms with van der Waals surface area (Å²) in [6.45, 7) is 2.22. The summed E-state index contributed by atoms with van der Waals surface area (Å²) in [6.07, 6.45) is 7.31. The van der Waals surface area contributed by atoms with E-state index in [2.05, 4.69) is 85.8 Å². The van der Waals surface area contributed by atoms with Gasteiger partial charge in [0.2, 0.25) is 0 Å². The van der Waals surface area contributed by atoms with E-state index in [1.54, 1.807) is 11.1 Å². The molecule has 0 radical (unpaired) electrons. The number of fused-ring (bicyclic) bond motifs is 4. The fourth-order valence-electron chi connectivity index (χ4n) is 9.05. The van der Waals surface area contributed by atoms with Gasteiger partial charge in [-0.3, -0.25) is 0 Å². The minimum atomic E-state index is 0.271. The summed E-state index contributed by atoms with van der Waals surface area (Å²) in [5, 5.41) is 2.74. The van der Waals surface area contributed by atoms with Crippen molar-refractivity contribution in [1.82, 2.24) is 0 Å². The maximum Gasteiger partial charge on any atom is 0.0271 e. The molecule has 4 saturated carbocycles. The fourth-order valence-corrected chi connectivity index (χ4v) is 9.05. The number of hydrogen-bond donors (Lipinski definition) is 0. The van der Waals surface area contributed by atoms with Gasteiger partial charge >= 0.3 is 0 Å². The Labute approximate surface area is 196 Å². The molecule has 4 bridgehead atoms. The monoisotopic (exact) mass is 426 g/mol. The molecule has 1 spiro atoms. The van der Waals surface area contributed by atoms with Gasteiger partial charge in [-0.05, 0) is 118 Å². The third-order valence-corrected chi connectivity index (χ3v) is 10.0. The van der Waals surface area contributed by atoms with Crippen molar-refractivity contribution in [3.8, 4) is 22.3 Å². The highest BCUT2D eigenvalue weighted by atomic mass is 14.6. The van der Waals surface area contributed by atoms with Crippen molar-refractivity contribution in [2.24, 2.45) is 23.7 Å². The highest BCUT2D eigenvalue weighted by Crippen LogP contribution is 2.69. The van der Waals surface area contributed by atoms with Gasteiger partial charge in [0.15, 0.2) is 0 Å². The second kappa shape index (κ2) is 6.38. The SMILES string of the molecule is Cc1cccc2c(-c3ccc4c(c3)-c3ccccc3C43C4CC5CC(C4)CC3C5)cccc12. The van der Waals surface area contributed by atoms with Gasteiger partial charge < -0.3 is 0 Å². The van der Waals surface area contributed by atoms with Crippen molar-refractivity contribution in [1.29, 1.82) is 0 Å². The normalized spacial score (nSPS) is 30.7. The molecular formula is C33H30. The van der Waals surface area contributed by atoms with Gasteiger partial charge in [0.1, 0.15) is 0 Å². The molecule has 9 rings (SSSR count). The van der Waals surface area contributed by atoms with E-state index >= 15 is 0 Å². The van der Waals surface area contributed by atoms with Crippen LogP contribution in [-0.2, 0) is 5.41 Å². The number of aryl methyl sites for hydroxylation is 1. The minimum absolute atomic E-state index is 0.271. The summed E-state index contributed by atoms with van der Waals surface area (Å²) in [5.41, 5.74) is 10.7. The Morgan fingerprint density at radius 2 is 1.24 bits per heavy atom. The standard InChI is InChI=1S/C33H30/c1-20-6-4-10-28-26(20)8-5-9-27(28)23-12-13-32-30(19-23)29-7-2-3-11-31(29)33(32)24-15-21-14-22(17-24)18-25(33)16-21/h2-13,19,21-22,24-25H,14-18H2,1H3. The average molecular weight is 427 g/mol. The molecule has 0 atom stereocenters. The van der Waals surface area contributed by atoms with Crippen LogP contribution in [0.5, 0.6) is 0 Å². The molecule has 0 amide bonds. The molecule has 4 aromatic rings. The first-order valence-electron chi connectivity index (χ1n) is 13.0. The number of rotatable bonds is 1. The van der Waals surface area contributed by atoms with Gasteiger partial charge in [-0.25, -0.2) is 0 Å². The molecule has 4 aromatic carbocycles. The Hall–Kier alpha value is -2.86. The molecular weight excluding hydrogens is 396 g/mol. The molecule has 0 heterocycles. The number of hydrogen-bond acceptors (Lipinski definition) is 0. The third kappa shape index (κ3) is 2.27. The third-order valence-electron chi connectivity index (χ3n) is 10.0. The van der Waals surface area contributed by atoms with Crippen LogP contribution < -0.4 is 0 Å². The van der Waals surface area contributed by atoms with E-state index in [0.717, 1.165) is 23.7 Å². The van der Waals surface area contributed by atoms with Crippen LogP contribution in [0.3, 0.4) is 0 Å². The Morgan fingerprint density at radius 3 is 2.06 bits per heavy atom. The average Bonchev–Trinajstić information content (AvgIpc) is 3.13. The lowest BCUT2D eigenvalue weighted by Crippen LogP contribution is -2.55. The second-order valence-corrected chi connectivity index (χ2v) is 11.5. The molecule has 5 aliphatic rings. The zero-order chi connectivity index (χ0) is 21.7. The molecule has 0 aromatic heterocycles. The van der Waals surface area contributed by atoms with Crippen LogP contribution in [0.15, 0.2) is 78.9 Å². The Morgan fingerprint density at radius 1 is 0.576 bits per heavy atom. The predicted octanol–water partition coefficient (Wildman–Crippen LogP) is 8.54. The van der Waals surface area contributed by atoms with E-state index < -0.39 is 0 Å². The fraction of sp³-hybridized carbons (Fsp3) is 0.333. The molecule has 0 nitrogen and oxygen atoms in total. The van der Waals surface area contributed by atoms with E-state index in [1.807, 2.05) is 0 Å². The molecule has 0 aliphatic heterocycles. The molecule has 4 fully saturated rings. The molecule has 0 saturated heterocycles. The molecule has 0 N–H and O–H groups in total. The van der Waals surface area contributed by atoms with Crippen molar-refractivity contribution in [3.63, 3.8) is 0 Å². The van der Waals surface area contributed by atoms with Crippen molar-refractivity contribution in [2.45, 2.75) is 44.4 Å². The zero-order valence-corrected chi connectivity index (χ0v) is 19.4. The van der Waals surface area contributed by atoms with Gasteiger partial charge in [0.05, 0.1) is 0 Å². The molecule has 162 valence electrons. The molecule has 33 heavy (non-hydrogen) atoms.